The highest BCUT2D eigenvalue weighted by molar-refractivity contribution is 14.1. The topological polar surface area (TPSA) is 17.1 Å². The van der Waals surface area contributed by atoms with Gasteiger partial charge >= 0.3 is 6.18 Å². The summed E-state index contributed by atoms with van der Waals surface area (Å²) in [5.74, 6) is -0.604. The van der Waals surface area contributed by atoms with Crippen LogP contribution in [-0.2, 0) is 6.18 Å². The number of rotatable bonds is 1. The number of carbonyl (C=O) groups is 1. The Morgan fingerprint density at radius 2 is 1.93 bits per heavy atom. The van der Waals surface area contributed by atoms with Crippen LogP contribution in [0.5, 0.6) is 0 Å². The van der Waals surface area contributed by atoms with Crippen LogP contribution in [0.15, 0.2) is 16.6 Å². The molecule has 0 aromatic heterocycles. The summed E-state index contributed by atoms with van der Waals surface area (Å²) in [6.45, 7) is 1.12. The number of benzene rings is 1. The van der Waals surface area contributed by atoms with Gasteiger partial charge in [0.1, 0.15) is 0 Å². The largest absolute Gasteiger partial charge is 0.418 e. The molecule has 0 heterocycles. The van der Waals surface area contributed by atoms with Crippen molar-refractivity contribution in [2.75, 3.05) is 0 Å². The molecule has 82 valence electrons. The quantitative estimate of drug-likeness (QED) is 0.515. The lowest BCUT2D eigenvalue weighted by molar-refractivity contribution is -0.138. The first-order valence-electron chi connectivity index (χ1n) is 3.81. The van der Waals surface area contributed by atoms with Gasteiger partial charge in [0.05, 0.1) is 5.56 Å². The smallest absolute Gasteiger partial charge is 0.294 e. The first-order valence-corrected chi connectivity index (χ1v) is 5.68. The van der Waals surface area contributed by atoms with E-state index in [4.69, 9.17) is 0 Å². The van der Waals surface area contributed by atoms with E-state index in [1.165, 1.54) is 12.1 Å². The molecule has 0 unspecified atom stereocenters. The summed E-state index contributed by atoms with van der Waals surface area (Å²) < 4.78 is 38.2. The van der Waals surface area contributed by atoms with E-state index in [0.29, 0.717) is 0 Å². The third-order valence-corrected chi connectivity index (χ3v) is 3.30. The third kappa shape index (κ3) is 2.72. The summed E-state index contributed by atoms with van der Waals surface area (Å²) in [5, 5.41) is 0. The maximum absolute atomic E-state index is 12.7. The number of ketones is 1. The molecule has 0 saturated carbocycles. The van der Waals surface area contributed by atoms with Crippen molar-refractivity contribution in [1.82, 2.24) is 0 Å². The molecule has 6 heteroatoms. The number of hydrogen-bond donors (Lipinski definition) is 0. The second kappa shape index (κ2) is 4.40. The van der Waals surface area contributed by atoms with Crippen molar-refractivity contribution in [3.63, 3.8) is 0 Å². The van der Waals surface area contributed by atoms with Gasteiger partial charge in [0.15, 0.2) is 5.78 Å². The van der Waals surface area contributed by atoms with Gasteiger partial charge in [-0.05, 0) is 41.6 Å². The molecule has 0 bridgehead atoms. The van der Waals surface area contributed by atoms with E-state index in [1.807, 2.05) is 0 Å². The number of halogens is 5. The molecule has 1 nitrogen and oxygen atoms in total. The number of Topliss-reactive ketones (excluding diaryl/α,β-unsaturated/α-hetero) is 1. The Kier molecular flexibility index (Phi) is 3.80. The second-order valence-electron chi connectivity index (χ2n) is 2.83. The van der Waals surface area contributed by atoms with Crippen LogP contribution in [0.2, 0.25) is 0 Å². The number of alkyl halides is 3. The summed E-state index contributed by atoms with van der Waals surface area (Å²) in [5.41, 5.74) is -1.18. The predicted octanol–water partition coefficient (Wildman–Crippen LogP) is 4.28. The van der Waals surface area contributed by atoms with E-state index in [2.05, 4.69) is 15.9 Å². The van der Waals surface area contributed by atoms with E-state index in [9.17, 15) is 18.0 Å². The SMILES string of the molecule is CC(=O)c1c(Br)ccc(I)c1C(F)(F)F. The Bertz CT molecular complexity index is 415. The van der Waals surface area contributed by atoms with Crippen LogP contribution in [0.4, 0.5) is 13.2 Å². The number of carbonyl (C=O) groups excluding carboxylic acids is 1. The van der Waals surface area contributed by atoms with Crippen LogP contribution >= 0.6 is 38.5 Å². The van der Waals surface area contributed by atoms with E-state index >= 15 is 0 Å². The van der Waals surface area contributed by atoms with E-state index in [1.54, 1.807) is 22.6 Å². The van der Waals surface area contributed by atoms with Crippen molar-refractivity contribution >= 4 is 44.3 Å². The lowest BCUT2D eigenvalue weighted by atomic mass is 10.0. The van der Waals surface area contributed by atoms with Crippen molar-refractivity contribution in [3.8, 4) is 0 Å². The molecule has 1 rings (SSSR count). The van der Waals surface area contributed by atoms with Crippen molar-refractivity contribution in [2.45, 2.75) is 13.1 Å². The highest BCUT2D eigenvalue weighted by Crippen LogP contribution is 2.38. The van der Waals surface area contributed by atoms with Gasteiger partial charge in [-0.2, -0.15) is 13.2 Å². The van der Waals surface area contributed by atoms with Gasteiger partial charge in [-0.3, -0.25) is 4.79 Å². The van der Waals surface area contributed by atoms with Crippen LogP contribution in [-0.4, -0.2) is 5.78 Å². The van der Waals surface area contributed by atoms with Crippen molar-refractivity contribution in [3.05, 3.63) is 31.3 Å². The fourth-order valence-corrected chi connectivity index (χ4v) is 2.54. The van der Waals surface area contributed by atoms with Crippen LogP contribution in [0.3, 0.4) is 0 Å². The van der Waals surface area contributed by atoms with Crippen molar-refractivity contribution < 1.29 is 18.0 Å². The van der Waals surface area contributed by atoms with Crippen LogP contribution in [0.25, 0.3) is 0 Å². The van der Waals surface area contributed by atoms with Crippen LogP contribution in [0, 0.1) is 3.57 Å². The second-order valence-corrected chi connectivity index (χ2v) is 4.85. The van der Waals surface area contributed by atoms with Gasteiger partial charge in [-0.1, -0.05) is 15.9 Å². The molecule has 0 saturated heterocycles. The Morgan fingerprint density at radius 1 is 1.40 bits per heavy atom. The molecular weight excluding hydrogens is 388 g/mol. The minimum atomic E-state index is -4.51. The molecule has 0 radical (unpaired) electrons. The lowest BCUT2D eigenvalue weighted by Gasteiger charge is -2.14. The fraction of sp³-hybridized carbons (Fsp3) is 0.222. The molecule has 0 aliphatic heterocycles. The van der Waals surface area contributed by atoms with Gasteiger partial charge in [0.25, 0.3) is 0 Å². The summed E-state index contributed by atoms with van der Waals surface area (Å²) in [6, 6.07) is 2.76. The monoisotopic (exact) mass is 392 g/mol. The van der Waals surface area contributed by atoms with E-state index < -0.39 is 17.5 Å². The molecule has 0 fully saturated rings. The molecule has 0 spiro atoms. The lowest BCUT2D eigenvalue weighted by Crippen LogP contribution is -2.14. The van der Waals surface area contributed by atoms with Gasteiger partial charge in [-0.25, -0.2) is 0 Å². The predicted molar refractivity (Wildman–Crippen MR) is 61.9 cm³/mol. The van der Waals surface area contributed by atoms with E-state index in [0.717, 1.165) is 6.92 Å². The highest BCUT2D eigenvalue weighted by Gasteiger charge is 2.37. The zero-order chi connectivity index (χ0) is 11.8. The highest BCUT2D eigenvalue weighted by atomic mass is 127. The molecule has 0 atom stereocenters. The van der Waals surface area contributed by atoms with Crippen LogP contribution in [0.1, 0.15) is 22.8 Å². The third-order valence-electron chi connectivity index (χ3n) is 1.74. The summed E-state index contributed by atoms with van der Waals surface area (Å²) >= 11 is 4.52. The van der Waals surface area contributed by atoms with E-state index in [-0.39, 0.29) is 13.6 Å². The molecule has 0 N–H and O–H groups in total. The van der Waals surface area contributed by atoms with Gasteiger partial charge in [0, 0.05) is 13.6 Å². The van der Waals surface area contributed by atoms with Gasteiger partial charge in [-0.15, -0.1) is 0 Å². The normalized spacial score (nSPS) is 11.6. The van der Waals surface area contributed by atoms with Crippen LogP contribution < -0.4 is 0 Å². The van der Waals surface area contributed by atoms with Crippen molar-refractivity contribution in [2.24, 2.45) is 0 Å². The average molecular weight is 393 g/mol. The van der Waals surface area contributed by atoms with Gasteiger partial charge in [0.2, 0.25) is 0 Å². The first kappa shape index (κ1) is 13.0. The average Bonchev–Trinajstić information content (AvgIpc) is 2.05. The maximum Gasteiger partial charge on any atom is 0.418 e. The fourth-order valence-electron chi connectivity index (χ4n) is 1.17. The minimum absolute atomic E-state index is 0.0218. The summed E-state index contributed by atoms with van der Waals surface area (Å²) in [6.07, 6.45) is -4.51. The zero-order valence-corrected chi connectivity index (χ0v) is 11.2. The Balaban J connectivity index is 3.60. The molecular formula is C9H5BrF3IO. The Hall–Kier alpha value is -0.110. The standard InChI is InChI=1S/C9H5BrF3IO/c1-4(15)7-5(10)2-3-6(14)8(7)9(11,12)13/h2-3H,1H3. The molecule has 0 amide bonds. The zero-order valence-electron chi connectivity index (χ0n) is 7.45. The minimum Gasteiger partial charge on any atom is -0.294 e. The van der Waals surface area contributed by atoms with Gasteiger partial charge < -0.3 is 0 Å². The molecule has 1 aromatic carbocycles. The molecule has 0 aliphatic carbocycles. The molecule has 15 heavy (non-hydrogen) atoms. The number of hydrogen-bond acceptors (Lipinski definition) is 1. The summed E-state index contributed by atoms with van der Waals surface area (Å²) in [4.78, 5) is 11.2. The molecule has 1 aromatic rings. The maximum atomic E-state index is 12.7. The molecule has 0 aliphatic rings. The summed E-state index contributed by atoms with van der Waals surface area (Å²) in [7, 11) is 0. The first-order chi connectivity index (χ1) is 6.75. The van der Waals surface area contributed by atoms with Crippen molar-refractivity contribution in [1.29, 1.82) is 0 Å². The Morgan fingerprint density at radius 3 is 2.27 bits per heavy atom. The Labute approximate surface area is 106 Å².